The van der Waals surface area contributed by atoms with Crippen molar-refractivity contribution in [3.63, 3.8) is 0 Å². The van der Waals surface area contributed by atoms with Gasteiger partial charge in [-0.25, -0.2) is 8.42 Å². The summed E-state index contributed by atoms with van der Waals surface area (Å²) in [5, 5.41) is 16.5. The molecule has 0 radical (unpaired) electrons. The Kier molecular flexibility index (Phi) is 6.23. The Morgan fingerprint density at radius 3 is 2.40 bits per heavy atom. The van der Waals surface area contributed by atoms with Gasteiger partial charge in [0.15, 0.2) is 0 Å². The van der Waals surface area contributed by atoms with Crippen molar-refractivity contribution in [3.8, 4) is 17.0 Å². The first kappa shape index (κ1) is 21.5. The van der Waals surface area contributed by atoms with Crippen molar-refractivity contribution in [2.75, 3.05) is 18.4 Å². The number of hydrogen-bond donors (Lipinski definition) is 2. The summed E-state index contributed by atoms with van der Waals surface area (Å²) in [6.07, 6.45) is 0. The summed E-state index contributed by atoms with van der Waals surface area (Å²) < 4.78 is 31.8. The van der Waals surface area contributed by atoms with Gasteiger partial charge in [-0.15, -0.1) is 0 Å². The van der Waals surface area contributed by atoms with Crippen LogP contribution in [0.15, 0.2) is 57.9 Å². The number of rotatable bonds is 7. The van der Waals surface area contributed by atoms with E-state index in [1.807, 2.05) is 31.2 Å². The second-order valence-corrected chi connectivity index (χ2v) is 8.60. The van der Waals surface area contributed by atoms with Gasteiger partial charge in [0.1, 0.15) is 11.4 Å². The first-order valence-corrected chi connectivity index (χ1v) is 10.9. The maximum Gasteiger partial charge on any atom is 0.294 e. The zero-order valence-corrected chi connectivity index (χ0v) is 17.7. The molecular weight excluding hydrogens is 406 g/mol. The molecule has 1 heterocycles. The molecule has 0 unspecified atom stereocenters. The predicted octanol–water partition coefficient (Wildman–Crippen LogP) is 3.64. The van der Waals surface area contributed by atoms with E-state index in [4.69, 9.17) is 4.52 Å². The number of aromatic nitrogens is 1. The monoisotopic (exact) mass is 429 g/mol. The minimum absolute atomic E-state index is 0.0304. The Balaban J connectivity index is 1.84. The summed E-state index contributed by atoms with van der Waals surface area (Å²) in [5.41, 5.74) is 2.33. The number of hydrogen-bond acceptors (Lipinski definition) is 6. The van der Waals surface area contributed by atoms with Gasteiger partial charge in [0.05, 0.1) is 10.6 Å². The number of benzene rings is 2. The number of aromatic hydroxyl groups is 1. The highest BCUT2D eigenvalue weighted by atomic mass is 32.2. The van der Waals surface area contributed by atoms with E-state index in [0.717, 1.165) is 11.1 Å². The predicted molar refractivity (Wildman–Crippen MR) is 113 cm³/mol. The maximum absolute atomic E-state index is 12.7. The number of anilines is 1. The lowest BCUT2D eigenvalue weighted by molar-refractivity contribution is 0.0987. The minimum atomic E-state index is -3.74. The number of nitrogens with one attached hydrogen (secondary N) is 1. The molecule has 0 atom stereocenters. The van der Waals surface area contributed by atoms with Crippen LogP contribution in [-0.4, -0.2) is 42.0 Å². The summed E-state index contributed by atoms with van der Waals surface area (Å²) in [7, 11) is -3.74. The molecule has 2 aromatic carbocycles. The Morgan fingerprint density at radius 1 is 1.10 bits per heavy atom. The first-order chi connectivity index (χ1) is 14.3. The van der Waals surface area contributed by atoms with Crippen molar-refractivity contribution in [1.82, 2.24) is 9.46 Å². The Bertz CT molecular complexity index is 1150. The first-order valence-electron chi connectivity index (χ1n) is 9.44. The van der Waals surface area contributed by atoms with Gasteiger partial charge < -0.3 is 14.9 Å². The Labute approximate surface area is 175 Å². The molecule has 2 N–H and O–H groups in total. The number of amides is 1. The number of nitrogens with zero attached hydrogens (tertiary/aromatic N) is 2. The lowest BCUT2D eigenvalue weighted by Crippen LogP contribution is -2.30. The van der Waals surface area contributed by atoms with E-state index in [0.29, 0.717) is 18.8 Å². The van der Waals surface area contributed by atoms with Crippen molar-refractivity contribution in [2.45, 2.75) is 25.7 Å². The van der Waals surface area contributed by atoms with Crippen LogP contribution in [0.3, 0.4) is 0 Å². The third kappa shape index (κ3) is 4.37. The van der Waals surface area contributed by atoms with E-state index in [1.54, 1.807) is 13.8 Å². The topological polar surface area (TPSA) is 113 Å². The normalized spacial score (nSPS) is 11.6. The second-order valence-electron chi connectivity index (χ2n) is 6.66. The van der Waals surface area contributed by atoms with Crippen molar-refractivity contribution in [3.05, 3.63) is 59.9 Å². The van der Waals surface area contributed by atoms with Crippen molar-refractivity contribution in [1.29, 1.82) is 0 Å². The molecule has 0 saturated carbocycles. The van der Waals surface area contributed by atoms with Crippen LogP contribution in [0.25, 0.3) is 11.3 Å². The van der Waals surface area contributed by atoms with Gasteiger partial charge in [0.25, 0.3) is 5.91 Å². The number of carbonyl (C=O) groups is 1. The van der Waals surface area contributed by atoms with Gasteiger partial charge in [-0.2, -0.15) is 4.31 Å². The molecule has 158 valence electrons. The van der Waals surface area contributed by atoms with E-state index in [2.05, 4.69) is 10.5 Å². The molecular formula is C21H23N3O5S. The maximum atomic E-state index is 12.7. The molecule has 1 amide bonds. The standard InChI is InChI=1S/C21H23N3O5S/c1-4-24(5-2)30(27,28)16-10-11-19(25)18(12-16)22-21(26)20-13-17(23-29-20)15-8-6-14(3)7-9-15/h6-13,25H,4-5H2,1-3H3,(H,22,26). The van der Waals surface area contributed by atoms with Gasteiger partial charge in [-0.1, -0.05) is 48.8 Å². The van der Waals surface area contributed by atoms with Crippen LogP contribution in [-0.2, 0) is 10.0 Å². The highest BCUT2D eigenvalue weighted by molar-refractivity contribution is 7.89. The largest absolute Gasteiger partial charge is 0.506 e. The minimum Gasteiger partial charge on any atom is -0.506 e. The van der Waals surface area contributed by atoms with Gasteiger partial charge in [-0.05, 0) is 25.1 Å². The average Bonchev–Trinajstić information content (AvgIpc) is 3.21. The van der Waals surface area contributed by atoms with Gasteiger partial charge in [-0.3, -0.25) is 4.79 Å². The fourth-order valence-corrected chi connectivity index (χ4v) is 4.40. The summed E-state index contributed by atoms with van der Waals surface area (Å²) >= 11 is 0. The summed E-state index contributed by atoms with van der Waals surface area (Å²) in [6.45, 7) is 6.05. The number of sulfonamides is 1. The van der Waals surface area contributed by atoms with Crippen molar-refractivity contribution >= 4 is 21.6 Å². The molecule has 0 fully saturated rings. The third-order valence-electron chi connectivity index (χ3n) is 4.64. The lowest BCUT2D eigenvalue weighted by atomic mass is 10.1. The summed E-state index contributed by atoms with van der Waals surface area (Å²) in [4.78, 5) is 12.5. The Hall–Kier alpha value is -3.17. The molecule has 3 aromatic rings. The van der Waals surface area contributed by atoms with Crippen LogP contribution in [0.5, 0.6) is 5.75 Å². The van der Waals surface area contributed by atoms with E-state index in [1.165, 1.54) is 28.6 Å². The van der Waals surface area contributed by atoms with Crippen LogP contribution in [0.4, 0.5) is 5.69 Å². The molecule has 3 rings (SSSR count). The molecule has 9 heteroatoms. The highest BCUT2D eigenvalue weighted by Crippen LogP contribution is 2.29. The summed E-state index contributed by atoms with van der Waals surface area (Å²) in [5.74, 6) is -0.990. The van der Waals surface area contributed by atoms with E-state index in [9.17, 15) is 18.3 Å². The summed E-state index contributed by atoms with van der Waals surface area (Å²) in [6, 6.07) is 12.8. The molecule has 8 nitrogen and oxygen atoms in total. The third-order valence-corrected chi connectivity index (χ3v) is 6.69. The zero-order valence-electron chi connectivity index (χ0n) is 16.9. The number of carbonyl (C=O) groups excluding carboxylic acids is 1. The van der Waals surface area contributed by atoms with Crippen LogP contribution >= 0.6 is 0 Å². The number of phenolic OH excluding ortho intramolecular Hbond substituents is 1. The smallest absolute Gasteiger partial charge is 0.294 e. The quantitative estimate of drug-likeness (QED) is 0.555. The molecule has 30 heavy (non-hydrogen) atoms. The molecule has 0 aliphatic carbocycles. The fourth-order valence-electron chi connectivity index (χ4n) is 2.91. The van der Waals surface area contributed by atoms with Gasteiger partial charge >= 0.3 is 0 Å². The van der Waals surface area contributed by atoms with Crippen molar-refractivity contribution in [2.24, 2.45) is 0 Å². The molecule has 0 spiro atoms. The lowest BCUT2D eigenvalue weighted by Gasteiger charge is -2.19. The molecule has 0 aliphatic heterocycles. The zero-order chi connectivity index (χ0) is 21.9. The van der Waals surface area contributed by atoms with Crippen LogP contribution in [0.1, 0.15) is 30.0 Å². The average molecular weight is 429 g/mol. The number of phenols is 1. The fraction of sp³-hybridized carbons (Fsp3) is 0.238. The van der Waals surface area contributed by atoms with Crippen LogP contribution < -0.4 is 5.32 Å². The SMILES string of the molecule is CCN(CC)S(=O)(=O)c1ccc(O)c(NC(=O)c2cc(-c3ccc(C)cc3)no2)c1. The van der Waals surface area contributed by atoms with E-state index >= 15 is 0 Å². The Morgan fingerprint density at radius 2 is 1.77 bits per heavy atom. The number of aryl methyl sites for hydroxylation is 1. The molecule has 0 saturated heterocycles. The van der Waals surface area contributed by atoms with E-state index < -0.39 is 15.9 Å². The van der Waals surface area contributed by atoms with Gasteiger partial charge in [0, 0.05) is 24.7 Å². The van der Waals surface area contributed by atoms with Crippen LogP contribution in [0.2, 0.25) is 0 Å². The van der Waals surface area contributed by atoms with Crippen molar-refractivity contribution < 1.29 is 22.8 Å². The van der Waals surface area contributed by atoms with E-state index in [-0.39, 0.29) is 22.1 Å². The highest BCUT2D eigenvalue weighted by Gasteiger charge is 2.23. The molecule has 0 aliphatic rings. The molecule has 0 bridgehead atoms. The van der Waals surface area contributed by atoms with Gasteiger partial charge in [0.2, 0.25) is 15.8 Å². The van der Waals surface area contributed by atoms with Crippen LogP contribution in [0, 0.1) is 6.92 Å². The molecule has 1 aromatic heterocycles. The second kappa shape index (κ2) is 8.68.